The number of hydrogen-bond acceptors (Lipinski definition) is 2. The fraction of sp³-hybridized carbons (Fsp3) is 0.316. The summed E-state index contributed by atoms with van der Waals surface area (Å²) in [6.45, 7) is 3.97. The van der Waals surface area contributed by atoms with Crippen LogP contribution in [0.15, 0.2) is 42.5 Å². The lowest BCUT2D eigenvalue weighted by molar-refractivity contribution is 0.0988. The Morgan fingerprint density at radius 2 is 1.86 bits per heavy atom. The van der Waals surface area contributed by atoms with E-state index in [2.05, 4.69) is 6.92 Å². The van der Waals surface area contributed by atoms with Gasteiger partial charge in [0.1, 0.15) is 5.75 Å². The van der Waals surface area contributed by atoms with Crippen LogP contribution in [0.5, 0.6) is 11.5 Å². The quantitative estimate of drug-likeness (QED) is 0.704. The number of carbonyl (C=O) groups excluding carboxylic acids is 1. The van der Waals surface area contributed by atoms with E-state index < -0.39 is 0 Å². The summed E-state index contributed by atoms with van der Waals surface area (Å²) in [5.41, 5.74) is 1.82. The summed E-state index contributed by atoms with van der Waals surface area (Å²) in [5.74, 6) is 0.471. The zero-order valence-corrected chi connectivity index (χ0v) is 12.9. The van der Waals surface area contributed by atoms with Gasteiger partial charge in [0.05, 0.1) is 0 Å². The van der Waals surface area contributed by atoms with Gasteiger partial charge in [-0.2, -0.15) is 0 Å². The lowest BCUT2D eigenvalue weighted by atomic mass is 9.98. The number of halogens is 1. The Kier molecular flexibility index (Phi) is 3.73. The second-order valence-electron chi connectivity index (χ2n) is 6.11. The molecule has 0 radical (unpaired) electrons. The highest BCUT2D eigenvalue weighted by molar-refractivity contribution is 5.95. The van der Waals surface area contributed by atoms with E-state index >= 15 is 0 Å². The zero-order valence-electron chi connectivity index (χ0n) is 12.9. The van der Waals surface area contributed by atoms with Gasteiger partial charge in [0.15, 0.2) is 17.3 Å². The summed E-state index contributed by atoms with van der Waals surface area (Å²) in [6.07, 6.45) is 2.69. The molecule has 1 saturated carbocycles. The molecular weight excluding hydrogens is 279 g/mol. The van der Waals surface area contributed by atoms with Crippen LogP contribution in [0.1, 0.15) is 49.0 Å². The molecular formula is C19H19FO2. The molecule has 0 unspecified atom stereocenters. The van der Waals surface area contributed by atoms with Gasteiger partial charge in [-0.1, -0.05) is 19.9 Å². The summed E-state index contributed by atoms with van der Waals surface area (Å²) in [7, 11) is 0. The SMILES string of the molecule is CCC(=O)c1ccc(Oc2ccc(C3(C)CC3)cc2F)cc1. The van der Waals surface area contributed by atoms with E-state index in [-0.39, 0.29) is 22.8 Å². The Balaban J connectivity index is 1.77. The molecule has 0 atom stereocenters. The highest BCUT2D eigenvalue weighted by Gasteiger charge is 2.39. The number of carbonyl (C=O) groups is 1. The predicted molar refractivity (Wildman–Crippen MR) is 84.1 cm³/mol. The van der Waals surface area contributed by atoms with Crippen molar-refractivity contribution >= 4 is 5.78 Å². The van der Waals surface area contributed by atoms with Gasteiger partial charge < -0.3 is 4.74 Å². The highest BCUT2D eigenvalue weighted by atomic mass is 19.1. The van der Waals surface area contributed by atoms with Gasteiger partial charge in [-0.25, -0.2) is 4.39 Å². The largest absolute Gasteiger partial charge is 0.454 e. The molecule has 114 valence electrons. The molecule has 0 saturated heterocycles. The molecule has 0 heterocycles. The van der Waals surface area contributed by atoms with Crippen molar-refractivity contribution in [1.29, 1.82) is 0 Å². The third kappa shape index (κ3) is 2.89. The van der Waals surface area contributed by atoms with Crippen molar-refractivity contribution in [3.8, 4) is 11.5 Å². The van der Waals surface area contributed by atoms with Crippen LogP contribution in [0, 0.1) is 5.82 Å². The van der Waals surface area contributed by atoms with Gasteiger partial charge >= 0.3 is 0 Å². The van der Waals surface area contributed by atoms with Gasteiger partial charge in [-0.3, -0.25) is 4.79 Å². The van der Waals surface area contributed by atoms with Crippen LogP contribution >= 0.6 is 0 Å². The monoisotopic (exact) mass is 298 g/mol. The molecule has 0 spiro atoms. The molecule has 0 amide bonds. The average Bonchev–Trinajstić information content (AvgIpc) is 3.28. The first-order valence-corrected chi connectivity index (χ1v) is 7.63. The molecule has 1 fully saturated rings. The van der Waals surface area contributed by atoms with E-state index in [1.807, 2.05) is 13.0 Å². The molecule has 1 aliphatic carbocycles. The molecule has 1 aliphatic rings. The first kappa shape index (κ1) is 14.8. The first-order valence-electron chi connectivity index (χ1n) is 7.63. The van der Waals surface area contributed by atoms with Crippen molar-refractivity contribution in [2.45, 2.75) is 38.5 Å². The van der Waals surface area contributed by atoms with E-state index in [9.17, 15) is 9.18 Å². The molecule has 3 heteroatoms. The van der Waals surface area contributed by atoms with Crippen molar-refractivity contribution in [3.63, 3.8) is 0 Å². The minimum Gasteiger partial charge on any atom is -0.454 e. The third-order valence-corrected chi connectivity index (χ3v) is 4.35. The Bertz CT molecular complexity index is 700. The Morgan fingerprint density at radius 3 is 2.41 bits per heavy atom. The molecule has 0 bridgehead atoms. The van der Waals surface area contributed by atoms with Crippen LogP contribution in [-0.4, -0.2) is 5.78 Å². The van der Waals surface area contributed by atoms with Crippen LogP contribution in [0.25, 0.3) is 0 Å². The maximum atomic E-state index is 14.2. The zero-order chi connectivity index (χ0) is 15.7. The topological polar surface area (TPSA) is 26.3 Å². The van der Waals surface area contributed by atoms with Gasteiger partial charge in [0.2, 0.25) is 0 Å². The number of ketones is 1. The molecule has 3 rings (SSSR count). The summed E-state index contributed by atoms with van der Waals surface area (Å²) in [5, 5.41) is 0. The minimum absolute atomic E-state index is 0.0831. The predicted octanol–water partition coefficient (Wildman–Crippen LogP) is 5.26. The van der Waals surface area contributed by atoms with Crippen molar-refractivity contribution in [2.24, 2.45) is 0 Å². The van der Waals surface area contributed by atoms with Gasteiger partial charge in [-0.15, -0.1) is 0 Å². The maximum Gasteiger partial charge on any atom is 0.166 e. The molecule has 2 nitrogen and oxygen atoms in total. The van der Waals surface area contributed by atoms with E-state index in [1.165, 1.54) is 0 Å². The van der Waals surface area contributed by atoms with Crippen LogP contribution in [-0.2, 0) is 5.41 Å². The second-order valence-corrected chi connectivity index (χ2v) is 6.11. The van der Waals surface area contributed by atoms with Crippen LogP contribution < -0.4 is 4.74 Å². The molecule has 22 heavy (non-hydrogen) atoms. The summed E-state index contributed by atoms with van der Waals surface area (Å²) >= 11 is 0. The maximum absolute atomic E-state index is 14.2. The molecule has 0 N–H and O–H groups in total. The standard InChI is InChI=1S/C19H19FO2/c1-3-17(21)13-4-7-15(8-5-13)22-18-9-6-14(12-16(18)20)19(2)10-11-19/h4-9,12H,3,10-11H2,1-2H3. The normalized spacial score (nSPS) is 15.4. The lowest BCUT2D eigenvalue weighted by Gasteiger charge is -2.12. The smallest absolute Gasteiger partial charge is 0.166 e. The van der Waals surface area contributed by atoms with Crippen molar-refractivity contribution in [1.82, 2.24) is 0 Å². The highest BCUT2D eigenvalue weighted by Crippen LogP contribution is 2.48. The Labute approximate surface area is 129 Å². The molecule has 2 aromatic rings. The lowest BCUT2D eigenvalue weighted by Crippen LogP contribution is -2.01. The number of benzene rings is 2. The molecule has 2 aromatic carbocycles. The molecule has 0 aromatic heterocycles. The van der Waals surface area contributed by atoms with E-state index in [4.69, 9.17) is 4.74 Å². The van der Waals surface area contributed by atoms with Crippen molar-refractivity contribution in [2.75, 3.05) is 0 Å². The van der Waals surface area contributed by atoms with E-state index in [0.717, 1.165) is 18.4 Å². The summed E-state index contributed by atoms with van der Waals surface area (Å²) < 4.78 is 19.8. The van der Waals surface area contributed by atoms with Crippen molar-refractivity contribution < 1.29 is 13.9 Å². The fourth-order valence-electron chi connectivity index (χ4n) is 2.48. The minimum atomic E-state index is -0.348. The van der Waals surface area contributed by atoms with E-state index in [1.54, 1.807) is 36.4 Å². The fourth-order valence-corrected chi connectivity index (χ4v) is 2.48. The molecule has 0 aliphatic heterocycles. The Morgan fingerprint density at radius 1 is 1.18 bits per heavy atom. The second kappa shape index (κ2) is 5.56. The van der Waals surface area contributed by atoms with Gasteiger partial charge in [0, 0.05) is 12.0 Å². The van der Waals surface area contributed by atoms with E-state index in [0.29, 0.717) is 17.7 Å². The van der Waals surface area contributed by atoms with Gasteiger partial charge in [-0.05, 0) is 60.2 Å². The average molecular weight is 298 g/mol. The third-order valence-electron chi connectivity index (χ3n) is 4.35. The summed E-state index contributed by atoms with van der Waals surface area (Å²) in [6, 6.07) is 12.0. The Hall–Kier alpha value is -2.16. The number of rotatable bonds is 5. The number of hydrogen-bond donors (Lipinski definition) is 0. The first-order chi connectivity index (χ1) is 10.5. The summed E-state index contributed by atoms with van der Waals surface area (Å²) in [4.78, 5) is 11.6. The van der Waals surface area contributed by atoms with Gasteiger partial charge in [0.25, 0.3) is 0 Å². The number of ether oxygens (including phenoxy) is 1. The van der Waals surface area contributed by atoms with Crippen LogP contribution in [0.4, 0.5) is 4.39 Å². The number of Topliss-reactive ketones (excluding diaryl/α,β-unsaturated/α-hetero) is 1. The van der Waals surface area contributed by atoms with Crippen LogP contribution in [0.2, 0.25) is 0 Å². The van der Waals surface area contributed by atoms with Crippen molar-refractivity contribution in [3.05, 3.63) is 59.4 Å². The van der Waals surface area contributed by atoms with Crippen LogP contribution in [0.3, 0.4) is 0 Å².